The lowest BCUT2D eigenvalue weighted by atomic mass is 9.83. The number of alkyl halides is 2. The molecule has 4 rings (SSSR count). The highest BCUT2D eigenvalue weighted by Crippen LogP contribution is 2.34. The summed E-state index contributed by atoms with van der Waals surface area (Å²) in [6.07, 6.45) is 7.78. The van der Waals surface area contributed by atoms with E-state index in [4.69, 9.17) is 11.6 Å². The van der Waals surface area contributed by atoms with Crippen LogP contribution in [0.15, 0.2) is 24.7 Å². The van der Waals surface area contributed by atoms with Gasteiger partial charge in [0, 0.05) is 49.4 Å². The maximum atomic E-state index is 13.4. The predicted octanol–water partition coefficient (Wildman–Crippen LogP) is 4.53. The topological polar surface area (TPSA) is 74.2 Å². The average Bonchev–Trinajstić information content (AvgIpc) is 2.70. The van der Waals surface area contributed by atoms with Gasteiger partial charge in [-0.15, -0.1) is 0 Å². The highest BCUT2D eigenvalue weighted by Gasteiger charge is 2.34. The molecular formula is C21H26ClF2N5O. The highest BCUT2D eigenvalue weighted by molar-refractivity contribution is 6.29. The molecule has 2 N–H and O–H groups in total. The first-order valence-corrected chi connectivity index (χ1v) is 10.7. The zero-order chi connectivity index (χ0) is 21.4. The van der Waals surface area contributed by atoms with Crippen LogP contribution in [0.2, 0.25) is 5.15 Å². The third-order valence-corrected chi connectivity index (χ3v) is 6.23. The molecule has 0 unspecified atom stereocenters. The van der Waals surface area contributed by atoms with Gasteiger partial charge in [-0.05, 0) is 38.7 Å². The minimum absolute atomic E-state index is 0.167. The third kappa shape index (κ3) is 4.98. The van der Waals surface area contributed by atoms with Crippen molar-refractivity contribution in [1.82, 2.24) is 15.0 Å². The standard InChI is InChI=1S/C21H26ClF2N5O/c1-20(30)4-2-14(3-5-20)28-16-10-18(22)26-11-15(16)17-12-27-19(13-25-17)29-8-6-21(23,24)7-9-29/h10-14,30H,2-9H2,1H3,(H,26,28). The Bertz CT molecular complexity index is 873. The highest BCUT2D eigenvalue weighted by atomic mass is 35.5. The Morgan fingerprint density at radius 1 is 1.07 bits per heavy atom. The van der Waals surface area contributed by atoms with Gasteiger partial charge in [-0.25, -0.2) is 18.7 Å². The quantitative estimate of drug-likeness (QED) is 0.684. The number of anilines is 2. The lowest BCUT2D eigenvalue weighted by molar-refractivity contribution is -0.0221. The number of rotatable bonds is 4. The van der Waals surface area contributed by atoms with Crippen LogP contribution in [-0.4, -0.2) is 50.7 Å². The van der Waals surface area contributed by atoms with Crippen LogP contribution >= 0.6 is 11.6 Å². The Morgan fingerprint density at radius 2 is 1.77 bits per heavy atom. The molecule has 162 valence electrons. The van der Waals surface area contributed by atoms with E-state index in [1.807, 2.05) is 11.8 Å². The molecule has 1 aliphatic carbocycles. The molecule has 1 saturated heterocycles. The smallest absolute Gasteiger partial charge is 0.251 e. The number of nitrogens with zero attached hydrogens (tertiary/aromatic N) is 4. The van der Waals surface area contributed by atoms with Crippen molar-refractivity contribution in [3.63, 3.8) is 0 Å². The van der Waals surface area contributed by atoms with Crippen LogP contribution in [-0.2, 0) is 0 Å². The molecular weight excluding hydrogens is 412 g/mol. The van der Waals surface area contributed by atoms with E-state index in [0.717, 1.165) is 36.9 Å². The molecule has 0 aromatic carbocycles. The molecule has 0 bridgehead atoms. The van der Waals surface area contributed by atoms with Crippen molar-refractivity contribution in [3.05, 3.63) is 29.8 Å². The molecule has 9 heteroatoms. The number of aliphatic hydroxyl groups is 1. The van der Waals surface area contributed by atoms with Crippen molar-refractivity contribution in [2.75, 3.05) is 23.3 Å². The van der Waals surface area contributed by atoms with Gasteiger partial charge >= 0.3 is 0 Å². The van der Waals surface area contributed by atoms with E-state index in [9.17, 15) is 13.9 Å². The Hall–Kier alpha value is -2.06. The van der Waals surface area contributed by atoms with Crippen LogP contribution in [0.4, 0.5) is 20.3 Å². The van der Waals surface area contributed by atoms with E-state index in [0.29, 0.717) is 16.7 Å². The van der Waals surface area contributed by atoms with Gasteiger partial charge < -0.3 is 15.3 Å². The van der Waals surface area contributed by atoms with E-state index in [1.54, 1.807) is 24.7 Å². The molecule has 0 radical (unpaired) electrons. The molecule has 2 aliphatic rings. The SMILES string of the molecule is CC1(O)CCC(Nc2cc(Cl)ncc2-c2cnc(N3CCC(F)(F)CC3)cn2)CC1. The van der Waals surface area contributed by atoms with Gasteiger partial charge in [0.2, 0.25) is 0 Å². The minimum atomic E-state index is -2.59. The summed E-state index contributed by atoms with van der Waals surface area (Å²) < 4.78 is 26.8. The first kappa shape index (κ1) is 21.2. The number of hydrogen-bond donors (Lipinski definition) is 2. The Labute approximate surface area is 179 Å². The Morgan fingerprint density at radius 3 is 2.40 bits per heavy atom. The molecule has 30 heavy (non-hydrogen) atoms. The molecule has 2 aromatic heterocycles. The molecule has 3 heterocycles. The summed E-state index contributed by atoms with van der Waals surface area (Å²) in [6, 6.07) is 2.00. The number of aromatic nitrogens is 3. The molecule has 1 aliphatic heterocycles. The fourth-order valence-corrected chi connectivity index (χ4v) is 4.20. The summed E-state index contributed by atoms with van der Waals surface area (Å²) in [5, 5.41) is 14.1. The van der Waals surface area contributed by atoms with E-state index >= 15 is 0 Å². The van der Waals surface area contributed by atoms with Crippen LogP contribution in [0.1, 0.15) is 45.4 Å². The van der Waals surface area contributed by atoms with Crippen LogP contribution < -0.4 is 10.2 Å². The first-order valence-electron chi connectivity index (χ1n) is 10.3. The van der Waals surface area contributed by atoms with Crippen molar-refractivity contribution in [1.29, 1.82) is 0 Å². The second-order valence-corrected chi connectivity index (χ2v) is 8.96. The van der Waals surface area contributed by atoms with Crippen molar-refractivity contribution in [3.8, 4) is 11.3 Å². The van der Waals surface area contributed by atoms with Gasteiger partial charge in [0.25, 0.3) is 5.92 Å². The summed E-state index contributed by atoms with van der Waals surface area (Å²) in [6.45, 7) is 2.40. The Balaban J connectivity index is 1.50. The van der Waals surface area contributed by atoms with Crippen LogP contribution in [0.5, 0.6) is 0 Å². The van der Waals surface area contributed by atoms with E-state index in [1.165, 1.54) is 0 Å². The van der Waals surface area contributed by atoms with Gasteiger partial charge in [-0.3, -0.25) is 4.98 Å². The van der Waals surface area contributed by atoms with E-state index in [2.05, 4.69) is 20.3 Å². The summed E-state index contributed by atoms with van der Waals surface area (Å²) >= 11 is 6.12. The van der Waals surface area contributed by atoms with E-state index in [-0.39, 0.29) is 32.0 Å². The van der Waals surface area contributed by atoms with Crippen molar-refractivity contribution in [2.24, 2.45) is 0 Å². The van der Waals surface area contributed by atoms with Gasteiger partial charge in [0.15, 0.2) is 0 Å². The Kier molecular flexibility index (Phi) is 5.81. The van der Waals surface area contributed by atoms with Gasteiger partial charge in [-0.1, -0.05) is 11.6 Å². The first-order chi connectivity index (χ1) is 14.2. The maximum Gasteiger partial charge on any atom is 0.251 e. The monoisotopic (exact) mass is 437 g/mol. The normalized spacial score (nSPS) is 26.4. The number of nitrogens with one attached hydrogen (secondary N) is 1. The third-order valence-electron chi connectivity index (χ3n) is 6.03. The van der Waals surface area contributed by atoms with Crippen molar-refractivity contribution in [2.45, 2.75) is 63.0 Å². The largest absolute Gasteiger partial charge is 0.390 e. The molecule has 6 nitrogen and oxygen atoms in total. The second kappa shape index (κ2) is 8.23. The molecule has 0 amide bonds. The van der Waals surface area contributed by atoms with Crippen LogP contribution in [0.25, 0.3) is 11.3 Å². The minimum Gasteiger partial charge on any atom is -0.390 e. The van der Waals surface area contributed by atoms with Crippen molar-refractivity contribution >= 4 is 23.1 Å². The fraction of sp³-hybridized carbons (Fsp3) is 0.571. The zero-order valence-corrected chi connectivity index (χ0v) is 17.7. The molecule has 0 spiro atoms. The summed E-state index contributed by atoms with van der Waals surface area (Å²) in [5.74, 6) is -1.99. The lowest BCUT2D eigenvalue weighted by Gasteiger charge is -2.34. The van der Waals surface area contributed by atoms with Crippen LogP contribution in [0, 0.1) is 0 Å². The predicted molar refractivity (Wildman–Crippen MR) is 113 cm³/mol. The molecule has 2 fully saturated rings. The number of hydrogen-bond acceptors (Lipinski definition) is 6. The fourth-order valence-electron chi connectivity index (χ4n) is 4.04. The molecule has 1 saturated carbocycles. The van der Waals surface area contributed by atoms with Gasteiger partial charge in [0.05, 0.1) is 23.7 Å². The maximum absolute atomic E-state index is 13.4. The molecule has 0 atom stereocenters. The number of pyridine rings is 1. The second-order valence-electron chi connectivity index (χ2n) is 8.57. The summed E-state index contributed by atoms with van der Waals surface area (Å²) in [5.41, 5.74) is 1.63. The van der Waals surface area contributed by atoms with E-state index < -0.39 is 11.5 Å². The zero-order valence-electron chi connectivity index (χ0n) is 16.9. The molecule has 2 aromatic rings. The summed E-state index contributed by atoms with van der Waals surface area (Å²) in [7, 11) is 0. The van der Waals surface area contributed by atoms with Crippen LogP contribution in [0.3, 0.4) is 0 Å². The lowest BCUT2D eigenvalue weighted by Crippen LogP contribution is -2.39. The van der Waals surface area contributed by atoms with Gasteiger partial charge in [0.1, 0.15) is 11.0 Å². The average molecular weight is 438 g/mol. The van der Waals surface area contributed by atoms with Gasteiger partial charge in [-0.2, -0.15) is 0 Å². The number of piperidine rings is 1. The summed E-state index contributed by atoms with van der Waals surface area (Å²) in [4.78, 5) is 15.0. The number of halogens is 3. The van der Waals surface area contributed by atoms with Crippen molar-refractivity contribution < 1.29 is 13.9 Å².